The predicted molar refractivity (Wildman–Crippen MR) is 125 cm³/mol. The average molecular weight is 543 g/mol. The number of alkyl halides is 3. The third-order valence-electron chi connectivity index (χ3n) is 4.84. The van der Waals surface area contributed by atoms with E-state index in [0.29, 0.717) is 36.5 Å². The second kappa shape index (κ2) is 10.2. The van der Waals surface area contributed by atoms with E-state index < -0.39 is 34.3 Å². The fourth-order valence-electron chi connectivity index (χ4n) is 3.20. The number of sulfonamides is 1. The minimum atomic E-state index is -4.63. The lowest BCUT2D eigenvalue weighted by Gasteiger charge is -2.19. The Morgan fingerprint density at radius 3 is 2.44 bits per heavy atom. The van der Waals surface area contributed by atoms with Crippen LogP contribution >= 0.6 is 11.6 Å². The van der Waals surface area contributed by atoms with Crippen LogP contribution in [-0.4, -0.2) is 34.1 Å². The predicted octanol–water partition coefficient (Wildman–Crippen LogP) is 4.95. The second-order valence-electron chi connectivity index (χ2n) is 7.47. The van der Waals surface area contributed by atoms with Crippen molar-refractivity contribution in [2.45, 2.75) is 11.1 Å². The molecule has 36 heavy (non-hydrogen) atoms. The van der Waals surface area contributed by atoms with Gasteiger partial charge in [0.2, 0.25) is 0 Å². The molecular weight excluding hydrogens is 525 g/mol. The van der Waals surface area contributed by atoms with Gasteiger partial charge in [0.05, 0.1) is 15.5 Å². The molecule has 0 unspecified atom stereocenters. The SMILES string of the molecule is O=C(COc1ccc(S(=O)(=O)Nc2cccc(C(F)(F)F)c2)cc1Cl)Nc1ccc2c(c1)OCCO2. The van der Waals surface area contributed by atoms with Gasteiger partial charge in [-0.05, 0) is 48.5 Å². The fraction of sp³-hybridized carbons (Fsp3) is 0.174. The number of amides is 1. The first-order valence-corrected chi connectivity index (χ1v) is 12.2. The Kier molecular flexibility index (Phi) is 7.18. The molecular formula is C23H18ClF3N2O6S. The third kappa shape index (κ3) is 6.13. The molecule has 0 spiro atoms. The number of rotatable bonds is 7. The number of carbonyl (C=O) groups excluding carboxylic acids is 1. The molecule has 0 saturated heterocycles. The summed E-state index contributed by atoms with van der Waals surface area (Å²) in [6, 6.07) is 12.1. The zero-order valence-corrected chi connectivity index (χ0v) is 19.8. The van der Waals surface area contributed by atoms with Gasteiger partial charge < -0.3 is 19.5 Å². The molecule has 0 radical (unpaired) electrons. The molecule has 8 nitrogen and oxygen atoms in total. The zero-order valence-electron chi connectivity index (χ0n) is 18.3. The number of anilines is 2. The van der Waals surface area contributed by atoms with E-state index in [2.05, 4.69) is 10.0 Å². The molecule has 2 N–H and O–H groups in total. The molecule has 0 fully saturated rings. The van der Waals surface area contributed by atoms with E-state index in [4.69, 9.17) is 25.8 Å². The second-order valence-corrected chi connectivity index (χ2v) is 9.56. The Bertz CT molecular complexity index is 1400. The van der Waals surface area contributed by atoms with Crippen LogP contribution in [0.3, 0.4) is 0 Å². The summed E-state index contributed by atoms with van der Waals surface area (Å²) in [6.45, 7) is 0.407. The monoisotopic (exact) mass is 542 g/mol. The van der Waals surface area contributed by atoms with Crippen LogP contribution in [0, 0.1) is 0 Å². The molecule has 1 amide bonds. The topological polar surface area (TPSA) is 103 Å². The van der Waals surface area contributed by atoms with E-state index in [1.165, 1.54) is 12.1 Å². The first-order chi connectivity index (χ1) is 17.0. The lowest BCUT2D eigenvalue weighted by atomic mass is 10.2. The number of carbonyl (C=O) groups is 1. The summed E-state index contributed by atoms with van der Waals surface area (Å²) in [5.74, 6) is 0.594. The quantitative estimate of drug-likeness (QED) is 0.438. The first-order valence-electron chi connectivity index (χ1n) is 10.3. The van der Waals surface area contributed by atoms with Crippen LogP contribution in [0.25, 0.3) is 0 Å². The summed E-state index contributed by atoms with van der Waals surface area (Å²) in [5, 5.41) is 2.51. The standard InChI is InChI=1S/C23H18ClF3N2O6S/c24-18-12-17(36(31,32)29-16-3-1-2-14(10-16)23(25,26)27)5-7-19(18)35-13-22(30)28-15-4-6-20-21(11-15)34-9-8-33-20/h1-7,10-12,29H,8-9,13H2,(H,28,30). The Balaban J connectivity index is 1.38. The summed E-state index contributed by atoms with van der Waals surface area (Å²) in [7, 11) is -4.25. The highest BCUT2D eigenvalue weighted by molar-refractivity contribution is 7.92. The minimum Gasteiger partial charge on any atom is -0.486 e. The molecule has 4 rings (SSSR count). The fourth-order valence-corrected chi connectivity index (χ4v) is 4.58. The van der Waals surface area contributed by atoms with Crippen molar-refractivity contribution in [2.75, 3.05) is 29.9 Å². The Labute approximate surface area is 209 Å². The molecule has 1 aliphatic rings. The highest BCUT2D eigenvalue weighted by atomic mass is 35.5. The summed E-state index contributed by atoms with van der Waals surface area (Å²) < 4.78 is 82.3. The molecule has 0 bridgehead atoms. The maximum absolute atomic E-state index is 12.9. The van der Waals surface area contributed by atoms with E-state index in [1.54, 1.807) is 18.2 Å². The van der Waals surface area contributed by atoms with Crippen LogP contribution in [0.5, 0.6) is 17.2 Å². The number of ether oxygens (including phenoxy) is 3. The van der Waals surface area contributed by atoms with Crippen molar-refractivity contribution in [3.8, 4) is 17.2 Å². The van der Waals surface area contributed by atoms with Gasteiger partial charge in [0.15, 0.2) is 18.1 Å². The van der Waals surface area contributed by atoms with Crippen LogP contribution in [0.15, 0.2) is 65.6 Å². The van der Waals surface area contributed by atoms with E-state index in [-0.39, 0.29) is 21.4 Å². The molecule has 0 aromatic heterocycles. The van der Waals surface area contributed by atoms with Crippen molar-refractivity contribution in [3.63, 3.8) is 0 Å². The molecule has 3 aromatic rings. The van der Waals surface area contributed by atoms with E-state index in [1.807, 2.05) is 0 Å². The van der Waals surface area contributed by atoms with Gasteiger partial charge in [0, 0.05) is 17.4 Å². The maximum atomic E-state index is 12.9. The number of fused-ring (bicyclic) bond motifs is 1. The number of nitrogens with one attached hydrogen (secondary N) is 2. The van der Waals surface area contributed by atoms with Crippen molar-refractivity contribution >= 4 is 38.9 Å². The number of benzene rings is 3. The Hall–Kier alpha value is -3.64. The Morgan fingerprint density at radius 1 is 0.972 bits per heavy atom. The summed E-state index contributed by atoms with van der Waals surface area (Å²) in [5.41, 5.74) is -0.808. The van der Waals surface area contributed by atoms with Gasteiger partial charge in [0.25, 0.3) is 15.9 Å². The lowest BCUT2D eigenvalue weighted by molar-refractivity contribution is -0.137. The van der Waals surface area contributed by atoms with Gasteiger partial charge in [0.1, 0.15) is 19.0 Å². The van der Waals surface area contributed by atoms with Crippen molar-refractivity contribution in [1.82, 2.24) is 0 Å². The van der Waals surface area contributed by atoms with Gasteiger partial charge in [-0.2, -0.15) is 13.2 Å². The summed E-state index contributed by atoms with van der Waals surface area (Å²) >= 11 is 6.12. The molecule has 13 heteroatoms. The maximum Gasteiger partial charge on any atom is 0.416 e. The highest BCUT2D eigenvalue weighted by Gasteiger charge is 2.30. The molecule has 0 atom stereocenters. The number of hydrogen-bond acceptors (Lipinski definition) is 6. The molecule has 0 aliphatic carbocycles. The van der Waals surface area contributed by atoms with Crippen LogP contribution in [0.2, 0.25) is 5.02 Å². The van der Waals surface area contributed by atoms with Gasteiger partial charge in [-0.3, -0.25) is 9.52 Å². The smallest absolute Gasteiger partial charge is 0.416 e. The molecule has 190 valence electrons. The highest BCUT2D eigenvalue weighted by Crippen LogP contribution is 2.34. The van der Waals surface area contributed by atoms with Crippen LogP contribution in [-0.2, 0) is 21.0 Å². The van der Waals surface area contributed by atoms with Gasteiger partial charge in [-0.15, -0.1) is 0 Å². The third-order valence-corrected chi connectivity index (χ3v) is 6.51. The normalized spacial score (nSPS) is 13.1. The van der Waals surface area contributed by atoms with Crippen LogP contribution in [0.1, 0.15) is 5.56 Å². The molecule has 3 aromatic carbocycles. The zero-order chi connectivity index (χ0) is 25.9. The summed E-state index contributed by atoms with van der Waals surface area (Å²) in [4.78, 5) is 11.9. The molecule has 0 saturated carbocycles. The minimum absolute atomic E-state index is 0.0343. The number of halogens is 4. The van der Waals surface area contributed by atoms with Crippen molar-refractivity contribution in [1.29, 1.82) is 0 Å². The first kappa shape index (κ1) is 25.5. The van der Waals surface area contributed by atoms with E-state index >= 15 is 0 Å². The van der Waals surface area contributed by atoms with E-state index in [9.17, 15) is 26.4 Å². The van der Waals surface area contributed by atoms with Crippen LogP contribution in [0.4, 0.5) is 24.5 Å². The van der Waals surface area contributed by atoms with Crippen molar-refractivity contribution < 1.29 is 40.6 Å². The van der Waals surface area contributed by atoms with Crippen molar-refractivity contribution in [3.05, 3.63) is 71.2 Å². The van der Waals surface area contributed by atoms with E-state index in [0.717, 1.165) is 24.3 Å². The summed E-state index contributed by atoms with van der Waals surface area (Å²) in [6.07, 6.45) is -4.63. The van der Waals surface area contributed by atoms with Crippen LogP contribution < -0.4 is 24.2 Å². The van der Waals surface area contributed by atoms with Crippen molar-refractivity contribution in [2.24, 2.45) is 0 Å². The van der Waals surface area contributed by atoms with Gasteiger partial charge in [-0.1, -0.05) is 17.7 Å². The Morgan fingerprint density at radius 2 is 1.72 bits per heavy atom. The molecule has 1 heterocycles. The lowest BCUT2D eigenvalue weighted by Crippen LogP contribution is -2.21. The van der Waals surface area contributed by atoms with Gasteiger partial charge in [-0.25, -0.2) is 8.42 Å². The number of hydrogen-bond donors (Lipinski definition) is 2. The average Bonchev–Trinajstić information content (AvgIpc) is 2.82. The van der Waals surface area contributed by atoms with Gasteiger partial charge >= 0.3 is 6.18 Å². The largest absolute Gasteiger partial charge is 0.486 e. The molecule has 1 aliphatic heterocycles.